The molecule has 3 amide bonds. The molecule has 0 aliphatic carbocycles. The predicted molar refractivity (Wildman–Crippen MR) is 131 cm³/mol. The van der Waals surface area contributed by atoms with Crippen molar-refractivity contribution in [1.82, 2.24) is 10.2 Å². The smallest absolute Gasteiger partial charge is 0.356 e. The minimum absolute atomic E-state index is 0.188. The lowest BCUT2D eigenvalue weighted by Crippen LogP contribution is -2.35. The third kappa shape index (κ3) is 5.05. The predicted octanol–water partition coefficient (Wildman–Crippen LogP) is 3.93. The summed E-state index contributed by atoms with van der Waals surface area (Å²) in [6.07, 6.45) is 1.20. The van der Waals surface area contributed by atoms with Crippen LogP contribution in [0.5, 0.6) is 0 Å². The number of halogens is 1. The van der Waals surface area contributed by atoms with E-state index in [-0.39, 0.29) is 33.6 Å². The Morgan fingerprint density at radius 3 is 2.25 bits per heavy atom. The van der Waals surface area contributed by atoms with Crippen LogP contribution in [-0.4, -0.2) is 40.2 Å². The van der Waals surface area contributed by atoms with Gasteiger partial charge in [0.25, 0.3) is 23.4 Å². The number of hydrogen-bond acceptors (Lipinski definition) is 7. The van der Waals surface area contributed by atoms with E-state index in [1.54, 1.807) is 30.3 Å². The third-order valence-electron chi connectivity index (χ3n) is 5.18. The van der Waals surface area contributed by atoms with Gasteiger partial charge in [-0.05, 0) is 51.8 Å². The molecule has 0 spiro atoms. The van der Waals surface area contributed by atoms with Crippen LogP contribution in [0.15, 0.2) is 83.0 Å². The Kier molecular flexibility index (Phi) is 7.02. The van der Waals surface area contributed by atoms with Gasteiger partial charge in [-0.1, -0.05) is 36.4 Å². The monoisotopic (exact) mass is 549 g/mol. The van der Waals surface area contributed by atoms with E-state index in [0.717, 1.165) is 4.90 Å². The number of hydrogen-bond donors (Lipinski definition) is 1. The average Bonchev–Trinajstić information content (AvgIpc) is 3.12. The maximum atomic E-state index is 13.0. The maximum absolute atomic E-state index is 13.0. The van der Waals surface area contributed by atoms with Gasteiger partial charge in [0.05, 0.1) is 21.6 Å². The Morgan fingerprint density at radius 1 is 0.972 bits per heavy atom. The Balaban J connectivity index is 1.59. The maximum Gasteiger partial charge on any atom is 0.356 e. The molecule has 3 aromatic carbocycles. The van der Waals surface area contributed by atoms with Gasteiger partial charge in [-0.15, -0.1) is 0 Å². The normalized spacial score (nSPS) is 12.8. The number of rotatable bonds is 7. The molecule has 11 heteroatoms. The molecule has 0 radical (unpaired) electrons. The Morgan fingerprint density at radius 2 is 1.61 bits per heavy atom. The van der Waals surface area contributed by atoms with E-state index < -0.39 is 35.3 Å². The number of nitro groups is 1. The number of ether oxygens (including phenoxy) is 1. The first kappa shape index (κ1) is 24.5. The van der Waals surface area contributed by atoms with Crippen molar-refractivity contribution in [3.63, 3.8) is 0 Å². The summed E-state index contributed by atoms with van der Waals surface area (Å²) in [4.78, 5) is 62.2. The second-order valence-electron chi connectivity index (χ2n) is 7.49. The third-order valence-corrected chi connectivity index (χ3v) is 5.87. The summed E-state index contributed by atoms with van der Waals surface area (Å²) in [6.45, 7) is -0.692. The van der Waals surface area contributed by atoms with E-state index in [1.807, 2.05) is 0 Å². The second-order valence-corrected chi connectivity index (χ2v) is 8.34. The molecule has 1 aliphatic heterocycles. The molecule has 0 aromatic heterocycles. The molecule has 1 N–H and O–H groups in total. The largest absolute Gasteiger partial charge is 0.439 e. The Labute approximate surface area is 212 Å². The van der Waals surface area contributed by atoms with Crippen LogP contribution >= 0.6 is 15.9 Å². The van der Waals surface area contributed by atoms with E-state index in [9.17, 15) is 29.3 Å². The van der Waals surface area contributed by atoms with E-state index in [2.05, 4.69) is 21.2 Å². The topological polar surface area (TPSA) is 136 Å². The lowest BCUT2D eigenvalue weighted by molar-refractivity contribution is -0.384. The van der Waals surface area contributed by atoms with Crippen LogP contribution in [0, 0.1) is 10.1 Å². The summed E-state index contributed by atoms with van der Waals surface area (Å²) in [5, 5.41) is 13.6. The van der Waals surface area contributed by atoms with E-state index >= 15 is 0 Å². The van der Waals surface area contributed by atoms with Crippen LogP contribution < -0.4 is 5.32 Å². The van der Waals surface area contributed by atoms with Gasteiger partial charge in [-0.2, -0.15) is 0 Å². The highest BCUT2D eigenvalue weighted by molar-refractivity contribution is 9.10. The number of esters is 1. The first-order valence-electron chi connectivity index (χ1n) is 10.4. The van der Waals surface area contributed by atoms with Gasteiger partial charge in [-0.25, -0.2) is 9.69 Å². The zero-order valence-corrected chi connectivity index (χ0v) is 19.9. The molecule has 180 valence electrons. The molecule has 0 bridgehead atoms. The van der Waals surface area contributed by atoms with Gasteiger partial charge in [0.15, 0.2) is 6.73 Å². The number of carbonyl (C=O) groups is 4. The number of amides is 3. The number of imide groups is 1. The summed E-state index contributed by atoms with van der Waals surface area (Å²) in [7, 11) is 0. The number of fused-ring (bicyclic) bond motifs is 1. The lowest BCUT2D eigenvalue weighted by atomic mass is 10.1. The van der Waals surface area contributed by atoms with Crippen molar-refractivity contribution in [2.45, 2.75) is 0 Å². The van der Waals surface area contributed by atoms with Gasteiger partial charge < -0.3 is 10.1 Å². The van der Waals surface area contributed by atoms with Gasteiger partial charge in [0.2, 0.25) is 0 Å². The SMILES string of the molecule is O=C(OCN1C(=O)c2ccccc2C1=O)/C(=C/c1cccc([N+](=O)[O-])c1)NC(=O)c1ccccc1Br. The molecule has 3 aromatic rings. The fourth-order valence-electron chi connectivity index (χ4n) is 3.43. The highest BCUT2D eigenvalue weighted by Crippen LogP contribution is 2.23. The number of nitro benzene ring substituents is 1. The molecule has 0 fully saturated rings. The summed E-state index contributed by atoms with van der Waals surface area (Å²) in [5.74, 6) is -2.95. The van der Waals surface area contributed by atoms with Crippen molar-refractivity contribution in [2.24, 2.45) is 0 Å². The molecular weight excluding hydrogens is 534 g/mol. The number of carbonyl (C=O) groups excluding carboxylic acids is 4. The number of benzene rings is 3. The fourth-order valence-corrected chi connectivity index (χ4v) is 3.90. The highest BCUT2D eigenvalue weighted by Gasteiger charge is 2.36. The van der Waals surface area contributed by atoms with E-state index in [4.69, 9.17) is 4.74 Å². The van der Waals surface area contributed by atoms with Crippen LogP contribution in [0.25, 0.3) is 6.08 Å². The number of non-ortho nitro benzene ring substituents is 1. The molecule has 0 atom stereocenters. The molecular formula is C25H16BrN3O7. The molecule has 1 aliphatic rings. The van der Waals surface area contributed by atoms with E-state index in [0.29, 0.717) is 4.47 Å². The first-order valence-corrected chi connectivity index (χ1v) is 11.2. The van der Waals surface area contributed by atoms with Crippen molar-refractivity contribution in [2.75, 3.05) is 6.73 Å². The summed E-state index contributed by atoms with van der Waals surface area (Å²) in [5.41, 5.74) is 0.258. The number of nitrogens with zero attached hydrogens (tertiary/aromatic N) is 2. The van der Waals surface area contributed by atoms with E-state index in [1.165, 1.54) is 48.5 Å². The molecule has 4 rings (SSSR count). The standard InChI is InChI=1S/C25H16BrN3O7/c26-20-11-4-3-10-19(20)22(30)27-21(13-15-6-5-7-16(12-15)29(34)35)25(33)36-14-28-23(31)17-8-1-2-9-18(17)24(28)32/h1-13H,14H2,(H,27,30)/b21-13-. The quantitative estimate of drug-likeness (QED) is 0.155. The zero-order valence-electron chi connectivity index (χ0n) is 18.3. The summed E-state index contributed by atoms with van der Waals surface area (Å²) in [6, 6.07) is 18.1. The van der Waals surface area contributed by atoms with Crippen LogP contribution in [0.2, 0.25) is 0 Å². The van der Waals surface area contributed by atoms with Crippen molar-refractivity contribution in [3.05, 3.63) is 115 Å². The Bertz CT molecular complexity index is 1420. The van der Waals surface area contributed by atoms with Crippen molar-refractivity contribution >= 4 is 51.4 Å². The van der Waals surface area contributed by atoms with Gasteiger partial charge in [-0.3, -0.25) is 24.5 Å². The van der Waals surface area contributed by atoms with Gasteiger partial charge >= 0.3 is 5.97 Å². The van der Waals surface area contributed by atoms with Crippen molar-refractivity contribution in [1.29, 1.82) is 0 Å². The minimum atomic E-state index is -1.06. The van der Waals surface area contributed by atoms with Crippen LogP contribution in [0.1, 0.15) is 36.6 Å². The summed E-state index contributed by atoms with van der Waals surface area (Å²) < 4.78 is 5.66. The van der Waals surface area contributed by atoms with Crippen LogP contribution in [-0.2, 0) is 9.53 Å². The molecule has 0 saturated carbocycles. The fraction of sp³-hybridized carbons (Fsp3) is 0.0400. The molecule has 10 nitrogen and oxygen atoms in total. The molecule has 1 heterocycles. The number of nitrogens with one attached hydrogen (secondary N) is 1. The van der Waals surface area contributed by atoms with Crippen LogP contribution in [0.4, 0.5) is 5.69 Å². The summed E-state index contributed by atoms with van der Waals surface area (Å²) >= 11 is 3.27. The average molecular weight is 550 g/mol. The molecule has 0 unspecified atom stereocenters. The lowest BCUT2D eigenvalue weighted by Gasteiger charge is -2.16. The molecule has 0 saturated heterocycles. The minimum Gasteiger partial charge on any atom is -0.439 e. The zero-order chi connectivity index (χ0) is 25.8. The molecule has 36 heavy (non-hydrogen) atoms. The second kappa shape index (κ2) is 10.3. The van der Waals surface area contributed by atoms with Crippen molar-refractivity contribution in [3.8, 4) is 0 Å². The highest BCUT2D eigenvalue weighted by atomic mass is 79.9. The van der Waals surface area contributed by atoms with Crippen molar-refractivity contribution < 1.29 is 28.8 Å². The van der Waals surface area contributed by atoms with Gasteiger partial charge in [0, 0.05) is 16.6 Å². The first-order chi connectivity index (χ1) is 17.3. The Hall–Kier alpha value is -4.64. The van der Waals surface area contributed by atoms with Gasteiger partial charge in [0.1, 0.15) is 5.70 Å². The van der Waals surface area contributed by atoms with Crippen LogP contribution in [0.3, 0.4) is 0 Å².